The van der Waals surface area contributed by atoms with Crippen LogP contribution < -0.4 is 0 Å². The highest BCUT2D eigenvalue weighted by Gasteiger charge is 2.45. The first-order valence-electron chi connectivity index (χ1n) is 8.04. The van der Waals surface area contributed by atoms with Gasteiger partial charge in [-0.3, -0.25) is 4.79 Å². The third kappa shape index (κ3) is 5.09. The first kappa shape index (κ1) is 19.2. The number of ether oxygens (including phenoxy) is 2. The predicted octanol–water partition coefficient (Wildman–Crippen LogP) is 3.37. The number of hydrogen-bond acceptors (Lipinski definition) is 4. The number of carbonyl (C=O) groups excluding carboxylic acids is 2. The van der Waals surface area contributed by atoms with Crippen LogP contribution in [-0.4, -0.2) is 50.8 Å². The van der Waals surface area contributed by atoms with Gasteiger partial charge in [0.15, 0.2) is 0 Å². The molecular formula is C16H31NO4Si. The van der Waals surface area contributed by atoms with Crippen LogP contribution in [0, 0.1) is 11.3 Å². The summed E-state index contributed by atoms with van der Waals surface area (Å²) in [5.74, 6) is -0.0271. The molecule has 5 nitrogen and oxygen atoms in total. The lowest BCUT2D eigenvalue weighted by molar-refractivity contribution is -0.142. The standard InChI is InChI=1S/C16H31NO4Si/c1-12(2)13-10-21-15(19)17(13)14(18)16(3,4)11-20-8-9-22(5,6)7/h12-13H,8-11H2,1-7H3/t13-/m0/s1. The molecule has 2 amide bonds. The second-order valence-electron chi connectivity index (χ2n) is 8.31. The van der Waals surface area contributed by atoms with Crippen molar-refractivity contribution < 1.29 is 19.1 Å². The van der Waals surface area contributed by atoms with Crippen molar-refractivity contribution in [2.24, 2.45) is 11.3 Å². The molecule has 0 unspecified atom stereocenters. The summed E-state index contributed by atoms with van der Waals surface area (Å²) in [6.45, 7) is 15.8. The normalized spacial score (nSPS) is 19.7. The Bertz CT molecular complexity index is 415. The fourth-order valence-electron chi connectivity index (χ4n) is 2.25. The molecule has 0 saturated carbocycles. The van der Waals surface area contributed by atoms with Crippen molar-refractivity contribution >= 4 is 20.1 Å². The third-order valence-electron chi connectivity index (χ3n) is 3.93. The molecule has 0 aromatic rings. The van der Waals surface area contributed by atoms with Gasteiger partial charge in [0.1, 0.15) is 6.61 Å². The fraction of sp³-hybridized carbons (Fsp3) is 0.875. The summed E-state index contributed by atoms with van der Waals surface area (Å²) in [6, 6.07) is 0.888. The highest BCUT2D eigenvalue weighted by atomic mass is 28.3. The Morgan fingerprint density at radius 3 is 2.50 bits per heavy atom. The van der Waals surface area contributed by atoms with Gasteiger partial charge < -0.3 is 9.47 Å². The van der Waals surface area contributed by atoms with E-state index in [9.17, 15) is 9.59 Å². The Labute approximate surface area is 135 Å². The monoisotopic (exact) mass is 329 g/mol. The van der Waals surface area contributed by atoms with E-state index in [-0.39, 0.29) is 24.5 Å². The Balaban J connectivity index is 2.63. The second-order valence-corrected chi connectivity index (χ2v) is 13.9. The molecule has 1 rings (SSSR count). The van der Waals surface area contributed by atoms with Gasteiger partial charge >= 0.3 is 6.09 Å². The number of rotatable bonds is 7. The van der Waals surface area contributed by atoms with Gasteiger partial charge in [-0.05, 0) is 25.8 Å². The minimum absolute atomic E-state index is 0.179. The lowest BCUT2D eigenvalue weighted by Gasteiger charge is -2.31. The van der Waals surface area contributed by atoms with Crippen molar-refractivity contribution in [2.45, 2.75) is 59.4 Å². The first-order valence-corrected chi connectivity index (χ1v) is 11.7. The molecule has 128 valence electrons. The molecule has 1 aliphatic heterocycles. The summed E-state index contributed by atoms with van der Waals surface area (Å²) in [5.41, 5.74) is -0.726. The highest BCUT2D eigenvalue weighted by Crippen LogP contribution is 2.27. The summed E-state index contributed by atoms with van der Waals surface area (Å²) in [7, 11) is -1.14. The number of cyclic esters (lactones) is 1. The minimum atomic E-state index is -1.14. The molecule has 1 atom stereocenters. The Kier molecular flexibility index (Phi) is 6.21. The van der Waals surface area contributed by atoms with Crippen LogP contribution in [0.1, 0.15) is 27.7 Å². The first-order chi connectivity index (χ1) is 9.96. The van der Waals surface area contributed by atoms with Gasteiger partial charge in [-0.2, -0.15) is 0 Å². The van der Waals surface area contributed by atoms with E-state index in [1.807, 2.05) is 27.7 Å². The number of carbonyl (C=O) groups is 2. The number of imide groups is 1. The summed E-state index contributed by atoms with van der Waals surface area (Å²) in [4.78, 5) is 25.9. The van der Waals surface area contributed by atoms with E-state index in [1.54, 1.807) is 0 Å². The molecule has 0 N–H and O–H groups in total. The van der Waals surface area contributed by atoms with Crippen LogP contribution in [0.15, 0.2) is 0 Å². The summed E-state index contributed by atoms with van der Waals surface area (Å²) in [6.07, 6.45) is -0.529. The van der Waals surface area contributed by atoms with Crippen LogP contribution >= 0.6 is 0 Å². The van der Waals surface area contributed by atoms with Crippen molar-refractivity contribution in [3.8, 4) is 0 Å². The molecule has 22 heavy (non-hydrogen) atoms. The Morgan fingerprint density at radius 1 is 1.41 bits per heavy atom. The third-order valence-corrected chi connectivity index (χ3v) is 5.64. The number of hydrogen-bond donors (Lipinski definition) is 0. The molecule has 1 fully saturated rings. The topological polar surface area (TPSA) is 55.8 Å². The maximum atomic E-state index is 12.7. The molecule has 1 heterocycles. The van der Waals surface area contributed by atoms with Crippen molar-refractivity contribution in [2.75, 3.05) is 19.8 Å². The maximum Gasteiger partial charge on any atom is 0.417 e. The predicted molar refractivity (Wildman–Crippen MR) is 89.6 cm³/mol. The van der Waals surface area contributed by atoms with Crippen LogP contribution in [0.2, 0.25) is 25.7 Å². The van der Waals surface area contributed by atoms with E-state index in [2.05, 4.69) is 19.6 Å². The molecular weight excluding hydrogens is 298 g/mol. The molecule has 0 spiro atoms. The SMILES string of the molecule is CC(C)[C@@H]1COC(=O)N1C(=O)C(C)(C)COCC[Si](C)(C)C. The molecule has 1 saturated heterocycles. The molecule has 0 aliphatic carbocycles. The molecule has 1 aliphatic rings. The minimum Gasteiger partial charge on any atom is -0.447 e. The zero-order valence-corrected chi connectivity index (χ0v) is 16.1. The van der Waals surface area contributed by atoms with Crippen LogP contribution in [0.5, 0.6) is 0 Å². The zero-order valence-electron chi connectivity index (χ0n) is 15.1. The Hall–Kier alpha value is -0.883. The average Bonchev–Trinajstić information content (AvgIpc) is 2.74. The van der Waals surface area contributed by atoms with Gasteiger partial charge in [0.25, 0.3) is 0 Å². The maximum absolute atomic E-state index is 12.7. The second kappa shape index (κ2) is 7.13. The largest absolute Gasteiger partial charge is 0.447 e. The summed E-state index contributed by atoms with van der Waals surface area (Å²) in [5, 5.41) is 0. The van der Waals surface area contributed by atoms with E-state index in [1.165, 1.54) is 4.90 Å². The number of nitrogens with zero attached hydrogens (tertiary/aromatic N) is 1. The van der Waals surface area contributed by atoms with Gasteiger partial charge in [-0.25, -0.2) is 9.69 Å². The molecule has 0 aromatic heterocycles. The quantitative estimate of drug-likeness (QED) is 0.531. The van der Waals surface area contributed by atoms with E-state index in [0.29, 0.717) is 13.2 Å². The van der Waals surface area contributed by atoms with Crippen LogP contribution in [0.4, 0.5) is 4.79 Å². The Morgan fingerprint density at radius 2 is 2.00 bits per heavy atom. The van der Waals surface area contributed by atoms with Crippen molar-refractivity contribution in [1.29, 1.82) is 0 Å². The van der Waals surface area contributed by atoms with E-state index >= 15 is 0 Å². The van der Waals surface area contributed by atoms with Crippen molar-refractivity contribution in [3.05, 3.63) is 0 Å². The van der Waals surface area contributed by atoms with Crippen LogP contribution in [0.25, 0.3) is 0 Å². The van der Waals surface area contributed by atoms with Gasteiger partial charge in [-0.1, -0.05) is 33.5 Å². The van der Waals surface area contributed by atoms with E-state index in [0.717, 1.165) is 6.04 Å². The lowest BCUT2D eigenvalue weighted by atomic mass is 9.91. The van der Waals surface area contributed by atoms with Gasteiger partial charge in [0.2, 0.25) is 5.91 Å². The van der Waals surface area contributed by atoms with Gasteiger partial charge in [-0.15, -0.1) is 0 Å². The van der Waals surface area contributed by atoms with Crippen molar-refractivity contribution in [1.82, 2.24) is 4.90 Å². The van der Waals surface area contributed by atoms with Crippen LogP contribution in [0.3, 0.4) is 0 Å². The molecule has 6 heteroatoms. The summed E-state index contributed by atoms with van der Waals surface area (Å²) < 4.78 is 10.8. The van der Waals surface area contributed by atoms with E-state index < -0.39 is 19.6 Å². The van der Waals surface area contributed by atoms with Gasteiger partial charge in [0, 0.05) is 14.7 Å². The zero-order chi connectivity index (χ0) is 17.1. The van der Waals surface area contributed by atoms with Gasteiger partial charge in [0.05, 0.1) is 18.1 Å². The average molecular weight is 330 g/mol. The number of amides is 2. The molecule has 0 aromatic carbocycles. The smallest absolute Gasteiger partial charge is 0.417 e. The molecule has 0 radical (unpaired) electrons. The van der Waals surface area contributed by atoms with Crippen molar-refractivity contribution in [3.63, 3.8) is 0 Å². The lowest BCUT2D eigenvalue weighted by Crippen LogP contribution is -2.49. The fourth-order valence-corrected chi connectivity index (χ4v) is 3.01. The highest BCUT2D eigenvalue weighted by molar-refractivity contribution is 6.76. The summed E-state index contributed by atoms with van der Waals surface area (Å²) >= 11 is 0. The molecule has 0 bridgehead atoms. The van der Waals surface area contributed by atoms with E-state index in [4.69, 9.17) is 9.47 Å². The van der Waals surface area contributed by atoms with Crippen LogP contribution in [-0.2, 0) is 14.3 Å².